The molecule has 0 aliphatic carbocycles. The molecule has 2 aromatic rings. The minimum absolute atomic E-state index is 0.0986. The fourth-order valence-electron chi connectivity index (χ4n) is 2.47. The van der Waals surface area contributed by atoms with Crippen LogP contribution in [0.5, 0.6) is 0 Å². The zero-order valence-electron chi connectivity index (χ0n) is 11.0. The van der Waals surface area contributed by atoms with E-state index in [1.807, 2.05) is 54.4 Å². The Kier molecular flexibility index (Phi) is 2.86. The standard InChI is InChI=1S/C16H15NOS/c1-16(19-12-8-4-3-5-9-12)14-11-7-6-10-13(14)15(18)17(16)2/h3-11H,1-2H3. The number of thioether (sulfide) groups is 1. The van der Waals surface area contributed by atoms with Gasteiger partial charge in [-0.3, -0.25) is 4.79 Å². The predicted octanol–water partition coefficient (Wildman–Crippen LogP) is 3.74. The number of carbonyl (C=O) groups excluding carboxylic acids is 1. The van der Waals surface area contributed by atoms with E-state index >= 15 is 0 Å². The first-order chi connectivity index (χ1) is 9.13. The molecule has 96 valence electrons. The Morgan fingerprint density at radius 3 is 2.37 bits per heavy atom. The zero-order valence-corrected chi connectivity index (χ0v) is 11.8. The number of rotatable bonds is 2. The van der Waals surface area contributed by atoms with Crippen LogP contribution in [0, 0.1) is 0 Å². The second-order valence-corrected chi connectivity index (χ2v) is 6.28. The molecule has 1 amide bonds. The van der Waals surface area contributed by atoms with Crippen LogP contribution in [-0.2, 0) is 4.87 Å². The van der Waals surface area contributed by atoms with Crippen LogP contribution in [0.1, 0.15) is 22.8 Å². The summed E-state index contributed by atoms with van der Waals surface area (Å²) in [7, 11) is 1.87. The van der Waals surface area contributed by atoms with Crippen molar-refractivity contribution in [3.8, 4) is 0 Å². The highest BCUT2D eigenvalue weighted by Gasteiger charge is 2.44. The van der Waals surface area contributed by atoms with Gasteiger partial charge < -0.3 is 4.90 Å². The van der Waals surface area contributed by atoms with Gasteiger partial charge in [-0.2, -0.15) is 0 Å². The quantitative estimate of drug-likeness (QED) is 0.828. The average molecular weight is 269 g/mol. The molecule has 1 atom stereocenters. The van der Waals surface area contributed by atoms with Crippen molar-refractivity contribution in [2.45, 2.75) is 16.7 Å². The summed E-state index contributed by atoms with van der Waals surface area (Å²) in [5, 5.41) is 0. The van der Waals surface area contributed by atoms with Crippen LogP contribution >= 0.6 is 11.8 Å². The van der Waals surface area contributed by atoms with Crippen molar-refractivity contribution in [3.63, 3.8) is 0 Å². The van der Waals surface area contributed by atoms with Crippen LogP contribution in [0.4, 0.5) is 0 Å². The van der Waals surface area contributed by atoms with Gasteiger partial charge in [0.2, 0.25) is 0 Å². The minimum Gasteiger partial charge on any atom is -0.323 e. The summed E-state index contributed by atoms with van der Waals surface area (Å²) >= 11 is 1.71. The zero-order chi connectivity index (χ0) is 13.5. The molecule has 0 aromatic heterocycles. The number of fused-ring (bicyclic) bond motifs is 1. The second-order valence-electron chi connectivity index (χ2n) is 4.81. The molecule has 2 nitrogen and oxygen atoms in total. The summed E-state index contributed by atoms with van der Waals surface area (Å²) < 4.78 is 0. The van der Waals surface area contributed by atoms with Gasteiger partial charge >= 0.3 is 0 Å². The molecule has 3 rings (SSSR count). The summed E-state index contributed by atoms with van der Waals surface area (Å²) in [6, 6.07) is 18.1. The van der Waals surface area contributed by atoms with E-state index in [-0.39, 0.29) is 10.8 Å². The maximum atomic E-state index is 12.3. The molecule has 0 radical (unpaired) electrons. The van der Waals surface area contributed by atoms with E-state index in [9.17, 15) is 4.79 Å². The van der Waals surface area contributed by atoms with Gasteiger partial charge in [0, 0.05) is 23.1 Å². The molecular formula is C16H15NOS. The predicted molar refractivity (Wildman–Crippen MR) is 78.2 cm³/mol. The fourth-order valence-corrected chi connectivity index (χ4v) is 3.73. The fraction of sp³-hybridized carbons (Fsp3) is 0.188. The van der Waals surface area contributed by atoms with Gasteiger partial charge in [-0.05, 0) is 25.1 Å². The third-order valence-electron chi connectivity index (χ3n) is 3.66. The number of benzene rings is 2. The largest absolute Gasteiger partial charge is 0.323 e. The maximum absolute atomic E-state index is 12.3. The number of amides is 1. The first kappa shape index (κ1) is 12.3. The van der Waals surface area contributed by atoms with Crippen molar-refractivity contribution in [2.24, 2.45) is 0 Å². The topological polar surface area (TPSA) is 20.3 Å². The minimum atomic E-state index is -0.338. The summed E-state index contributed by atoms with van der Waals surface area (Å²) in [4.78, 5) is 15.0. The Hall–Kier alpha value is -1.74. The molecule has 0 bridgehead atoms. The Labute approximate surface area is 117 Å². The summed E-state index contributed by atoms with van der Waals surface area (Å²) in [6.45, 7) is 2.11. The van der Waals surface area contributed by atoms with Crippen molar-refractivity contribution in [3.05, 3.63) is 65.7 Å². The lowest BCUT2D eigenvalue weighted by Gasteiger charge is -2.32. The number of nitrogens with zero attached hydrogens (tertiary/aromatic N) is 1. The van der Waals surface area contributed by atoms with Crippen LogP contribution in [0.3, 0.4) is 0 Å². The van der Waals surface area contributed by atoms with E-state index in [2.05, 4.69) is 19.1 Å². The van der Waals surface area contributed by atoms with Crippen LogP contribution in [0.15, 0.2) is 59.5 Å². The van der Waals surface area contributed by atoms with Gasteiger partial charge in [-0.15, -0.1) is 0 Å². The Morgan fingerprint density at radius 2 is 1.63 bits per heavy atom. The maximum Gasteiger partial charge on any atom is 0.255 e. The van der Waals surface area contributed by atoms with Gasteiger partial charge in [0.15, 0.2) is 0 Å². The second kappa shape index (κ2) is 4.42. The molecule has 0 saturated heterocycles. The van der Waals surface area contributed by atoms with Crippen molar-refractivity contribution < 1.29 is 4.79 Å². The van der Waals surface area contributed by atoms with Gasteiger partial charge in [-0.1, -0.05) is 48.2 Å². The molecular weight excluding hydrogens is 254 g/mol. The summed E-state index contributed by atoms with van der Waals surface area (Å²) in [6.07, 6.45) is 0. The summed E-state index contributed by atoms with van der Waals surface area (Å²) in [5.41, 5.74) is 1.91. The number of hydrogen-bond donors (Lipinski definition) is 0. The lowest BCUT2D eigenvalue weighted by molar-refractivity contribution is 0.0761. The average Bonchev–Trinajstić information content (AvgIpc) is 2.63. The van der Waals surface area contributed by atoms with Crippen LogP contribution in [0.25, 0.3) is 0 Å². The Balaban J connectivity index is 2.06. The lowest BCUT2D eigenvalue weighted by atomic mass is 10.1. The van der Waals surface area contributed by atoms with Crippen LogP contribution < -0.4 is 0 Å². The molecule has 0 saturated carbocycles. The molecule has 2 aromatic carbocycles. The van der Waals surface area contributed by atoms with Crippen molar-refractivity contribution in [2.75, 3.05) is 7.05 Å². The van der Waals surface area contributed by atoms with E-state index in [0.717, 1.165) is 11.1 Å². The molecule has 1 aliphatic rings. The van der Waals surface area contributed by atoms with Crippen molar-refractivity contribution in [1.82, 2.24) is 4.90 Å². The smallest absolute Gasteiger partial charge is 0.255 e. The molecule has 0 fully saturated rings. The molecule has 0 spiro atoms. The first-order valence-electron chi connectivity index (χ1n) is 6.24. The summed E-state index contributed by atoms with van der Waals surface area (Å²) in [5.74, 6) is 0.0986. The third kappa shape index (κ3) is 1.85. The van der Waals surface area contributed by atoms with Crippen LogP contribution in [0.2, 0.25) is 0 Å². The lowest BCUT2D eigenvalue weighted by Crippen LogP contribution is -2.35. The number of hydrogen-bond acceptors (Lipinski definition) is 2. The monoisotopic (exact) mass is 269 g/mol. The van der Waals surface area contributed by atoms with E-state index in [4.69, 9.17) is 0 Å². The highest BCUT2D eigenvalue weighted by Crippen LogP contribution is 2.48. The highest BCUT2D eigenvalue weighted by atomic mass is 32.2. The van der Waals surface area contributed by atoms with Gasteiger partial charge in [0.25, 0.3) is 5.91 Å². The number of carbonyl (C=O) groups is 1. The molecule has 1 unspecified atom stereocenters. The van der Waals surface area contributed by atoms with Crippen molar-refractivity contribution in [1.29, 1.82) is 0 Å². The third-order valence-corrected chi connectivity index (χ3v) is 5.06. The Morgan fingerprint density at radius 1 is 1.00 bits per heavy atom. The van der Waals surface area contributed by atoms with Crippen LogP contribution in [-0.4, -0.2) is 17.9 Å². The molecule has 0 N–H and O–H groups in total. The van der Waals surface area contributed by atoms with Gasteiger partial charge in [-0.25, -0.2) is 0 Å². The van der Waals surface area contributed by atoms with E-state index in [1.165, 1.54) is 4.90 Å². The highest BCUT2D eigenvalue weighted by molar-refractivity contribution is 8.00. The van der Waals surface area contributed by atoms with Gasteiger partial charge in [0.05, 0.1) is 0 Å². The molecule has 3 heteroatoms. The Bertz CT molecular complexity index is 626. The SMILES string of the molecule is CN1C(=O)c2ccccc2C1(C)Sc1ccccc1. The van der Waals surface area contributed by atoms with E-state index in [0.29, 0.717) is 0 Å². The van der Waals surface area contributed by atoms with E-state index < -0.39 is 0 Å². The molecule has 19 heavy (non-hydrogen) atoms. The van der Waals surface area contributed by atoms with Crippen molar-refractivity contribution >= 4 is 17.7 Å². The normalized spacial score (nSPS) is 21.6. The molecule has 1 heterocycles. The van der Waals surface area contributed by atoms with E-state index in [1.54, 1.807) is 11.8 Å². The molecule has 1 aliphatic heterocycles. The van der Waals surface area contributed by atoms with Gasteiger partial charge in [0.1, 0.15) is 4.87 Å². The first-order valence-corrected chi connectivity index (χ1v) is 7.06.